The fourth-order valence-electron chi connectivity index (χ4n) is 2.83. The summed E-state index contributed by atoms with van der Waals surface area (Å²) in [5, 5.41) is 2.82. The number of ether oxygens (including phenoxy) is 2. The van der Waals surface area contributed by atoms with Gasteiger partial charge in [-0.05, 0) is 48.4 Å². The van der Waals surface area contributed by atoms with Crippen LogP contribution in [-0.4, -0.2) is 43.7 Å². The third kappa shape index (κ3) is 5.22. The Morgan fingerprint density at radius 1 is 1.03 bits per heavy atom. The highest BCUT2D eigenvalue weighted by atomic mass is 16.5. The summed E-state index contributed by atoms with van der Waals surface area (Å²) in [7, 11) is 5.12. The van der Waals surface area contributed by atoms with E-state index in [1.54, 1.807) is 57.1 Å². The van der Waals surface area contributed by atoms with E-state index in [0.717, 1.165) is 18.7 Å². The molecule has 0 saturated carbocycles. The summed E-state index contributed by atoms with van der Waals surface area (Å²) in [6.45, 7) is 0.836. The molecule has 2 heterocycles. The first-order valence-corrected chi connectivity index (χ1v) is 9.20. The van der Waals surface area contributed by atoms with Gasteiger partial charge < -0.3 is 19.7 Å². The van der Waals surface area contributed by atoms with Gasteiger partial charge in [0.05, 0.1) is 26.1 Å². The number of aromatic nitrogens is 2. The van der Waals surface area contributed by atoms with Crippen molar-refractivity contribution in [1.82, 2.24) is 9.97 Å². The van der Waals surface area contributed by atoms with E-state index in [-0.39, 0.29) is 5.91 Å². The number of carbonyl (C=O) groups is 1. The molecule has 0 aliphatic rings. The molecular weight excluding hydrogens is 368 g/mol. The quantitative estimate of drug-likeness (QED) is 0.633. The summed E-state index contributed by atoms with van der Waals surface area (Å²) in [5.41, 5.74) is 3.12. The maximum atomic E-state index is 12.5. The molecule has 0 atom stereocenters. The minimum Gasteiger partial charge on any atom is -0.493 e. The summed E-state index contributed by atoms with van der Waals surface area (Å²) in [4.78, 5) is 22.9. The first kappa shape index (κ1) is 20.1. The van der Waals surface area contributed by atoms with E-state index in [2.05, 4.69) is 20.2 Å². The van der Waals surface area contributed by atoms with Crippen LogP contribution in [0.1, 0.15) is 16.1 Å². The minimum absolute atomic E-state index is 0.289. The van der Waals surface area contributed by atoms with Crippen LogP contribution in [0.25, 0.3) is 0 Å². The van der Waals surface area contributed by atoms with Crippen LogP contribution in [0.2, 0.25) is 0 Å². The molecule has 0 unspecified atom stereocenters. The number of nitrogens with zero attached hydrogens (tertiary/aromatic N) is 3. The molecule has 1 aromatic carbocycles. The molecule has 0 aliphatic heterocycles. The van der Waals surface area contributed by atoms with Crippen molar-refractivity contribution in [1.29, 1.82) is 0 Å². The van der Waals surface area contributed by atoms with Gasteiger partial charge in [-0.15, -0.1) is 0 Å². The van der Waals surface area contributed by atoms with E-state index in [9.17, 15) is 4.79 Å². The Labute approximate surface area is 170 Å². The molecule has 0 fully saturated rings. The molecule has 3 rings (SSSR count). The average Bonchev–Trinajstić information content (AvgIpc) is 2.78. The Bertz CT molecular complexity index is 946. The second-order valence-electron chi connectivity index (χ2n) is 6.45. The van der Waals surface area contributed by atoms with Crippen LogP contribution in [0.5, 0.6) is 11.5 Å². The standard InChI is InChI=1S/C22H24N4O3/c1-26(13-10-16-8-11-23-12-9-16)18-5-6-19(24-15-18)22(27)25-17-4-7-20(28-2)21(14-17)29-3/h4-9,11-12,14-15H,10,13H2,1-3H3,(H,25,27). The molecule has 0 spiro atoms. The zero-order chi connectivity index (χ0) is 20.6. The topological polar surface area (TPSA) is 76.6 Å². The summed E-state index contributed by atoms with van der Waals surface area (Å²) in [6, 6.07) is 12.8. The lowest BCUT2D eigenvalue weighted by Gasteiger charge is -2.19. The fourth-order valence-corrected chi connectivity index (χ4v) is 2.83. The molecule has 3 aromatic rings. The van der Waals surface area contributed by atoms with Gasteiger partial charge in [0.1, 0.15) is 5.69 Å². The predicted octanol–water partition coefficient (Wildman–Crippen LogP) is 3.43. The number of anilines is 2. The molecule has 0 saturated heterocycles. The lowest BCUT2D eigenvalue weighted by Crippen LogP contribution is -2.21. The SMILES string of the molecule is COc1ccc(NC(=O)c2ccc(N(C)CCc3ccncc3)cn2)cc1OC. The molecule has 1 N–H and O–H groups in total. The summed E-state index contributed by atoms with van der Waals surface area (Å²) in [6.07, 6.45) is 6.20. The number of nitrogens with one attached hydrogen (secondary N) is 1. The molecule has 1 amide bonds. The number of hydrogen-bond donors (Lipinski definition) is 1. The number of carbonyl (C=O) groups excluding carboxylic acids is 1. The molecule has 7 heteroatoms. The Morgan fingerprint density at radius 3 is 2.45 bits per heavy atom. The van der Waals surface area contributed by atoms with Crippen molar-refractivity contribution >= 4 is 17.3 Å². The van der Waals surface area contributed by atoms with Crippen molar-refractivity contribution in [2.24, 2.45) is 0 Å². The Hall–Kier alpha value is -3.61. The summed E-state index contributed by atoms with van der Waals surface area (Å²) >= 11 is 0. The van der Waals surface area contributed by atoms with E-state index in [1.165, 1.54) is 5.56 Å². The van der Waals surface area contributed by atoms with Crippen molar-refractivity contribution in [2.75, 3.05) is 38.0 Å². The van der Waals surface area contributed by atoms with Crippen molar-refractivity contribution in [3.8, 4) is 11.5 Å². The van der Waals surface area contributed by atoms with Crippen LogP contribution in [0.15, 0.2) is 61.1 Å². The van der Waals surface area contributed by atoms with Crippen molar-refractivity contribution in [2.45, 2.75) is 6.42 Å². The number of hydrogen-bond acceptors (Lipinski definition) is 6. The van der Waals surface area contributed by atoms with Gasteiger partial charge in [-0.25, -0.2) is 4.98 Å². The molecule has 0 radical (unpaired) electrons. The van der Waals surface area contributed by atoms with Gasteiger partial charge in [-0.1, -0.05) is 0 Å². The largest absolute Gasteiger partial charge is 0.493 e. The zero-order valence-electron chi connectivity index (χ0n) is 16.8. The van der Waals surface area contributed by atoms with Crippen LogP contribution in [0, 0.1) is 0 Å². The highest BCUT2D eigenvalue weighted by Gasteiger charge is 2.11. The highest BCUT2D eigenvalue weighted by Crippen LogP contribution is 2.29. The first-order chi connectivity index (χ1) is 14.1. The Kier molecular flexibility index (Phi) is 6.63. The summed E-state index contributed by atoms with van der Waals surface area (Å²) < 4.78 is 10.5. The third-order valence-corrected chi connectivity index (χ3v) is 4.55. The van der Waals surface area contributed by atoms with Gasteiger partial charge in [-0.2, -0.15) is 0 Å². The van der Waals surface area contributed by atoms with Crippen LogP contribution >= 0.6 is 0 Å². The fraction of sp³-hybridized carbons (Fsp3) is 0.227. The molecule has 2 aromatic heterocycles. The normalized spacial score (nSPS) is 10.3. The van der Waals surface area contributed by atoms with E-state index in [4.69, 9.17) is 9.47 Å². The van der Waals surface area contributed by atoms with Gasteiger partial charge >= 0.3 is 0 Å². The Balaban J connectivity index is 1.61. The van der Waals surface area contributed by atoms with Crippen LogP contribution in [-0.2, 0) is 6.42 Å². The van der Waals surface area contributed by atoms with Crippen LogP contribution < -0.4 is 19.7 Å². The van der Waals surface area contributed by atoms with Gasteiger partial charge in [0.15, 0.2) is 11.5 Å². The smallest absolute Gasteiger partial charge is 0.274 e. The van der Waals surface area contributed by atoms with E-state index >= 15 is 0 Å². The van der Waals surface area contributed by atoms with Crippen molar-refractivity contribution in [3.63, 3.8) is 0 Å². The molecule has 29 heavy (non-hydrogen) atoms. The monoisotopic (exact) mass is 392 g/mol. The number of benzene rings is 1. The van der Waals surface area contributed by atoms with Gasteiger partial charge in [0.25, 0.3) is 5.91 Å². The summed E-state index contributed by atoms with van der Waals surface area (Å²) in [5.74, 6) is 0.857. The lowest BCUT2D eigenvalue weighted by atomic mass is 10.2. The molecule has 7 nitrogen and oxygen atoms in total. The number of amides is 1. The van der Waals surface area contributed by atoms with Crippen molar-refractivity contribution in [3.05, 3.63) is 72.3 Å². The van der Waals surface area contributed by atoms with Gasteiger partial charge in [-0.3, -0.25) is 9.78 Å². The van der Waals surface area contributed by atoms with E-state index in [0.29, 0.717) is 22.9 Å². The zero-order valence-corrected chi connectivity index (χ0v) is 16.8. The first-order valence-electron chi connectivity index (χ1n) is 9.20. The predicted molar refractivity (Wildman–Crippen MR) is 113 cm³/mol. The number of methoxy groups -OCH3 is 2. The van der Waals surface area contributed by atoms with Crippen LogP contribution in [0.3, 0.4) is 0 Å². The van der Waals surface area contributed by atoms with Crippen molar-refractivity contribution < 1.29 is 14.3 Å². The Morgan fingerprint density at radius 2 is 1.79 bits per heavy atom. The third-order valence-electron chi connectivity index (χ3n) is 4.55. The number of rotatable bonds is 8. The maximum Gasteiger partial charge on any atom is 0.274 e. The van der Waals surface area contributed by atoms with Gasteiger partial charge in [0, 0.05) is 37.7 Å². The number of pyridine rings is 2. The molecule has 150 valence electrons. The average molecular weight is 392 g/mol. The second-order valence-corrected chi connectivity index (χ2v) is 6.45. The minimum atomic E-state index is -0.289. The molecular formula is C22H24N4O3. The number of likely N-dealkylation sites (N-methyl/N-ethyl adjacent to an activating group) is 1. The van der Waals surface area contributed by atoms with Gasteiger partial charge in [0.2, 0.25) is 0 Å². The maximum absolute atomic E-state index is 12.5. The lowest BCUT2D eigenvalue weighted by molar-refractivity contribution is 0.102. The van der Waals surface area contributed by atoms with Crippen LogP contribution in [0.4, 0.5) is 11.4 Å². The second kappa shape index (κ2) is 9.54. The highest BCUT2D eigenvalue weighted by molar-refractivity contribution is 6.03. The molecule has 0 bridgehead atoms. The van der Waals surface area contributed by atoms with E-state index < -0.39 is 0 Å². The molecule has 0 aliphatic carbocycles. The van der Waals surface area contributed by atoms with E-state index in [1.807, 2.05) is 25.2 Å².